The Kier molecular flexibility index (Phi) is 5.98. The molecule has 188 valence electrons. The van der Waals surface area contributed by atoms with Gasteiger partial charge in [-0.25, -0.2) is 32.9 Å². The van der Waals surface area contributed by atoms with E-state index in [2.05, 4.69) is 9.97 Å². The third-order valence-corrected chi connectivity index (χ3v) is 6.35. The highest BCUT2D eigenvalue weighted by atomic mass is 19.1. The normalized spacial score (nSPS) is 17.8. The fourth-order valence-electron chi connectivity index (χ4n) is 4.58. The summed E-state index contributed by atoms with van der Waals surface area (Å²) in [6.45, 7) is 1.61. The first-order valence-corrected chi connectivity index (χ1v) is 11.4. The average Bonchev–Trinajstić information content (AvgIpc) is 3.08. The van der Waals surface area contributed by atoms with Crippen molar-refractivity contribution in [3.63, 3.8) is 0 Å². The zero-order valence-electron chi connectivity index (χ0n) is 19.3. The van der Waals surface area contributed by atoms with Crippen LogP contribution in [0.4, 0.5) is 25.0 Å². The summed E-state index contributed by atoms with van der Waals surface area (Å²) in [5, 5.41) is 0. The summed E-state index contributed by atoms with van der Waals surface area (Å²) in [6.07, 6.45) is 1.91. The smallest absolute Gasteiger partial charge is 0.414 e. The molecule has 0 bridgehead atoms. The standard InChI is InChI=1S/C23H22F2N6O5/c1-13(32)2-3-15-12-29(23(35)36-15)14-10-16(24)20(17(25)11-14)28-6-8-30-21(33)18-19(27-5-4-26-18)22(34)31(30)9-7-28/h4-5,10-11,15H,2-3,6-9,12H2,1H3/t15-/m0/s1. The average molecular weight is 500 g/mol. The number of cyclic esters (lactones) is 1. The van der Waals surface area contributed by atoms with Crippen LogP contribution in [0.25, 0.3) is 11.0 Å². The topological polar surface area (TPSA) is 120 Å². The number of fused-ring (bicyclic) bond motifs is 2. The Morgan fingerprint density at radius 2 is 1.53 bits per heavy atom. The van der Waals surface area contributed by atoms with E-state index in [1.165, 1.54) is 33.6 Å². The van der Waals surface area contributed by atoms with E-state index in [0.717, 1.165) is 17.0 Å². The number of anilines is 2. The van der Waals surface area contributed by atoms with E-state index < -0.39 is 35.0 Å². The van der Waals surface area contributed by atoms with E-state index in [4.69, 9.17) is 4.74 Å². The molecule has 11 nitrogen and oxygen atoms in total. The highest BCUT2D eigenvalue weighted by molar-refractivity contribution is 5.90. The molecule has 1 aromatic carbocycles. The van der Waals surface area contributed by atoms with Crippen molar-refractivity contribution in [2.75, 3.05) is 29.4 Å². The largest absolute Gasteiger partial charge is 0.444 e. The molecule has 0 unspecified atom stereocenters. The Labute approximate surface area is 202 Å². The van der Waals surface area contributed by atoms with Crippen molar-refractivity contribution in [2.45, 2.75) is 39.0 Å². The zero-order valence-corrected chi connectivity index (χ0v) is 19.3. The van der Waals surface area contributed by atoms with Crippen LogP contribution in [-0.4, -0.2) is 56.9 Å². The molecule has 2 aliphatic rings. The Morgan fingerprint density at radius 1 is 0.972 bits per heavy atom. The number of ether oxygens (including phenoxy) is 1. The Balaban J connectivity index is 1.40. The second kappa shape index (κ2) is 9.13. The number of carbonyl (C=O) groups is 2. The summed E-state index contributed by atoms with van der Waals surface area (Å²) >= 11 is 0. The summed E-state index contributed by atoms with van der Waals surface area (Å²) in [6, 6.07) is 2.09. The first-order valence-electron chi connectivity index (χ1n) is 11.4. The van der Waals surface area contributed by atoms with Gasteiger partial charge in [0.2, 0.25) is 0 Å². The minimum Gasteiger partial charge on any atom is -0.444 e. The molecule has 0 spiro atoms. The molecular weight excluding hydrogens is 478 g/mol. The SMILES string of the molecule is CC(=O)CC[C@H]1CN(c2cc(F)c(N3CCn4c(=O)c5nccnc5c(=O)n4CC3)c(F)c2)C(=O)O1. The molecule has 1 fully saturated rings. The predicted octanol–water partition coefficient (Wildman–Crippen LogP) is 1.45. The number of rotatable bonds is 5. The lowest BCUT2D eigenvalue weighted by Crippen LogP contribution is -2.39. The molecule has 1 amide bonds. The molecule has 36 heavy (non-hydrogen) atoms. The van der Waals surface area contributed by atoms with Crippen molar-refractivity contribution in [1.29, 1.82) is 0 Å². The molecule has 0 saturated carbocycles. The van der Waals surface area contributed by atoms with Crippen LogP contribution in [-0.2, 0) is 22.6 Å². The molecule has 2 aromatic heterocycles. The first-order chi connectivity index (χ1) is 17.2. The van der Waals surface area contributed by atoms with Gasteiger partial charge in [-0.2, -0.15) is 0 Å². The molecular formula is C23H22F2N6O5. The number of amides is 1. The summed E-state index contributed by atoms with van der Waals surface area (Å²) < 4.78 is 38.1. The van der Waals surface area contributed by atoms with Crippen LogP contribution in [0.5, 0.6) is 0 Å². The summed E-state index contributed by atoms with van der Waals surface area (Å²) in [4.78, 5) is 59.6. The number of ketones is 1. The quantitative estimate of drug-likeness (QED) is 0.516. The Bertz CT molecular complexity index is 1420. The van der Waals surface area contributed by atoms with E-state index in [-0.39, 0.29) is 67.3 Å². The fourth-order valence-corrected chi connectivity index (χ4v) is 4.58. The molecule has 5 rings (SSSR count). The van der Waals surface area contributed by atoms with Crippen molar-refractivity contribution in [1.82, 2.24) is 19.3 Å². The molecule has 13 heteroatoms. The van der Waals surface area contributed by atoms with Gasteiger partial charge in [0.05, 0.1) is 25.3 Å². The number of carbonyl (C=O) groups excluding carboxylic acids is 2. The molecule has 0 radical (unpaired) electrons. The third-order valence-electron chi connectivity index (χ3n) is 6.35. The van der Waals surface area contributed by atoms with Crippen LogP contribution >= 0.6 is 0 Å². The van der Waals surface area contributed by atoms with Gasteiger partial charge in [-0.15, -0.1) is 0 Å². The van der Waals surface area contributed by atoms with E-state index in [9.17, 15) is 19.2 Å². The van der Waals surface area contributed by atoms with Crippen LogP contribution in [0.3, 0.4) is 0 Å². The van der Waals surface area contributed by atoms with Crippen LogP contribution < -0.4 is 20.9 Å². The maximum absolute atomic E-state index is 15.2. The molecule has 0 N–H and O–H groups in total. The number of halogens is 2. The molecule has 2 aliphatic heterocycles. The lowest BCUT2D eigenvalue weighted by molar-refractivity contribution is -0.117. The maximum Gasteiger partial charge on any atom is 0.414 e. The van der Waals surface area contributed by atoms with Crippen molar-refractivity contribution in [3.05, 3.63) is 56.9 Å². The monoisotopic (exact) mass is 500 g/mol. The number of nitrogens with zero attached hydrogens (tertiary/aromatic N) is 6. The van der Waals surface area contributed by atoms with Gasteiger partial charge in [-0.05, 0) is 13.3 Å². The van der Waals surface area contributed by atoms with Gasteiger partial charge in [-0.1, -0.05) is 0 Å². The number of Topliss-reactive ketones (excluding diaryl/α,β-unsaturated/α-hetero) is 1. The van der Waals surface area contributed by atoms with Crippen LogP contribution in [0.2, 0.25) is 0 Å². The molecule has 0 aliphatic carbocycles. The summed E-state index contributed by atoms with van der Waals surface area (Å²) in [7, 11) is 0. The van der Waals surface area contributed by atoms with Crippen LogP contribution in [0, 0.1) is 11.6 Å². The Morgan fingerprint density at radius 3 is 2.06 bits per heavy atom. The van der Waals surface area contributed by atoms with Gasteiger partial charge in [0.1, 0.15) is 17.6 Å². The van der Waals surface area contributed by atoms with Gasteiger partial charge in [-0.3, -0.25) is 14.5 Å². The summed E-state index contributed by atoms with van der Waals surface area (Å²) in [5.41, 5.74) is -1.47. The third kappa shape index (κ3) is 4.10. The molecule has 1 atom stereocenters. The summed E-state index contributed by atoms with van der Waals surface area (Å²) in [5.74, 6) is -1.84. The second-order valence-corrected chi connectivity index (χ2v) is 8.71. The fraction of sp³-hybridized carbons (Fsp3) is 0.391. The second-order valence-electron chi connectivity index (χ2n) is 8.71. The van der Waals surface area contributed by atoms with Crippen LogP contribution in [0.1, 0.15) is 19.8 Å². The van der Waals surface area contributed by atoms with E-state index in [1.54, 1.807) is 0 Å². The number of benzene rings is 1. The van der Waals surface area contributed by atoms with E-state index >= 15 is 8.78 Å². The number of hydrogen-bond donors (Lipinski definition) is 0. The van der Waals surface area contributed by atoms with E-state index in [0.29, 0.717) is 6.42 Å². The van der Waals surface area contributed by atoms with E-state index in [1.807, 2.05) is 0 Å². The zero-order chi connectivity index (χ0) is 25.6. The molecule has 1 saturated heterocycles. The molecule has 4 heterocycles. The number of aromatic nitrogens is 4. The van der Waals surface area contributed by atoms with Crippen LogP contribution in [0.15, 0.2) is 34.1 Å². The van der Waals surface area contributed by atoms with Gasteiger partial charge < -0.3 is 14.4 Å². The minimum absolute atomic E-state index is 0.00183. The van der Waals surface area contributed by atoms with Gasteiger partial charge >= 0.3 is 6.09 Å². The highest BCUT2D eigenvalue weighted by Crippen LogP contribution is 2.32. The molecule has 3 aromatic rings. The predicted molar refractivity (Wildman–Crippen MR) is 124 cm³/mol. The van der Waals surface area contributed by atoms with Gasteiger partial charge in [0.15, 0.2) is 22.7 Å². The minimum atomic E-state index is -0.899. The van der Waals surface area contributed by atoms with Crippen molar-refractivity contribution in [3.8, 4) is 0 Å². The van der Waals surface area contributed by atoms with Gasteiger partial charge in [0, 0.05) is 44.0 Å². The Hall–Kier alpha value is -4.16. The highest BCUT2D eigenvalue weighted by Gasteiger charge is 2.34. The van der Waals surface area contributed by atoms with Crippen molar-refractivity contribution in [2.24, 2.45) is 0 Å². The van der Waals surface area contributed by atoms with Gasteiger partial charge in [0.25, 0.3) is 11.1 Å². The first kappa shape index (κ1) is 23.6. The lowest BCUT2D eigenvalue weighted by Gasteiger charge is -2.24. The lowest BCUT2D eigenvalue weighted by atomic mass is 10.1. The maximum atomic E-state index is 15.2. The van der Waals surface area contributed by atoms with Crippen molar-refractivity contribution >= 4 is 34.3 Å². The number of hydrogen-bond acceptors (Lipinski definition) is 8. The van der Waals surface area contributed by atoms with Crippen molar-refractivity contribution < 1.29 is 23.1 Å².